The van der Waals surface area contributed by atoms with Crippen LogP contribution in [0.4, 0.5) is 0 Å². The van der Waals surface area contributed by atoms with Crippen molar-refractivity contribution < 1.29 is 0 Å². The van der Waals surface area contributed by atoms with Gasteiger partial charge in [-0.05, 0) is 54.2 Å². The highest BCUT2D eigenvalue weighted by molar-refractivity contribution is 7.22. The van der Waals surface area contributed by atoms with Crippen LogP contribution in [0.3, 0.4) is 0 Å². The normalized spacial score (nSPS) is 11.0. The largest absolute Gasteiger partial charge is 0.304 e. The maximum absolute atomic E-state index is 6.26. The Morgan fingerprint density at radius 2 is 1.71 bits per heavy atom. The molecule has 0 spiro atoms. The SMILES string of the molecule is CCN(CC)CCc1c(-c2ccccc2)sc2ccc(Cl)cc12.Cl. The first-order valence-corrected chi connectivity index (χ1v) is 9.41. The van der Waals surface area contributed by atoms with Crippen LogP contribution < -0.4 is 0 Å². The standard InChI is InChI=1S/C20H22ClNS.ClH/c1-3-22(4-2)13-12-17-18-14-16(21)10-11-19(18)23-20(17)15-8-6-5-7-9-15;/h5-11,14H,3-4,12-13H2,1-2H3;1H. The van der Waals surface area contributed by atoms with Gasteiger partial charge in [0.1, 0.15) is 0 Å². The van der Waals surface area contributed by atoms with E-state index in [0.29, 0.717) is 0 Å². The molecule has 0 aliphatic heterocycles. The molecule has 3 aromatic rings. The third kappa shape index (κ3) is 4.12. The molecule has 0 amide bonds. The molecule has 1 nitrogen and oxygen atoms in total. The number of benzene rings is 2. The Labute approximate surface area is 159 Å². The maximum Gasteiger partial charge on any atom is 0.0413 e. The Morgan fingerprint density at radius 3 is 2.38 bits per heavy atom. The Morgan fingerprint density at radius 1 is 1.00 bits per heavy atom. The summed E-state index contributed by atoms with van der Waals surface area (Å²) in [7, 11) is 0. The maximum atomic E-state index is 6.26. The van der Waals surface area contributed by atoms with Gasteiger partial charge in [-0.15, -0.1) is 23.7 Å². The van der Waals surface area contributed by atoms with Gasteiger partial charge in [0, 0.05) is 21.1 Å². The van der Waals surface area contributed by atoms with Gasteiger partial charge < -0.3 is 4.90 Å². The Bertz CT molecular complexity index is 779. The minimum Gasteiger partial charge on any atom is -0.304 e. The molecule has 2 aromatic carbocycles. The summed E-state index contributed by atoms with van der Waals surface area (Å²) in [6.07, 6.45) is 1.06. The lowest BCUT2D eigenvalue weighted by atomic mass is 10.0. The molecule has 128 valence electrons. The number of rotatable bonds is 6. The Kier molecular flexibility index (Phi) is 7.12. The first-order valence-electron chi connectivity index (χ1n) is 8.21. The van der Waals surface area contributed by atoms with E-state index in [1.807, 2.05) is 17.4 Å². The molecule has 3 rings (SSSR count). The zero-order valence-electron chi connectivity index (χ0n) is 14.1. The summed E-state index contributed by atoms with van der Waals surface area (Å²) in [4.78, 5) is 3.86. The highest BCUT2D eigenvalue weighted by atomic mass is 35.5. The topological polar surface area (TPSA) is 3.24 Å². The smallest absolute Gasteiger partial charge is 0.0413 e. The number of fused-ring (bicyclic) bond motifs is 1. The van der Waals surface area contributed by atoms with E-state index in [1.54, 1.807) is 0 Å². The molecule has 0 N–H and O–H groups in total. The van der Waals surface area contributed by atoms with E-state index in [-0.39, 0.29) is 12.4 Å². The Hall–Kier alpha value is -1.06. The van der Waals surface area contributed by atoms with Crippen molar-refractivity contribution in [3.63, 3.8) is 0 Å². The second-order valence-electron chi connectivity index (χ2n) is 5.69. The summed E-state index contributed by atoms with van der Waals surface area (Å²) < 4.78 is 1.32. The quantitative estimate of drug-likeness (QED) is 0.470. The summed E-state index contributed by atoms with van der Waals surface area (Å²) in [6.45, 7) is 7.74. The number of halogens is 2. The van der Waals surface area contributed by atoms with Crippen LogP contribution in [0.15, 0.2) is 48.5 Å². The van der Waals surface area contributed by atoms with Crippen molar-refractivity contribution in [2.45, 2.75) is 20.3 Å². The molecule has 0 atom stereocenters. The molecule has 0 radical (unpaired) electrons. The number of likely N-dealkylation sites (N-methyl/N-ethyl adjacent to an activating group) is 1. The predicted molar refractivity (Wildman–Crippen MR) is 111 cm³/mol. The van der Waals surface area contributed by atoms with Crippen LogP contribution in [-0.2, 0) is 6.42 Å². The minimum atomic E-state index is 0. The zero-order valence-corrected chi connectivity index (χ0v) is 16.5. The van der Waals surface area contributed by atoms with Crippen LogP contribution in [0, 0.1) is 0 Å². The van der Waals surface area contributed by atoms with Gasteiger partial charge in [-0.1, -0.05) is 55.8 Å². The summed E-state index contributed by atoms with van der Waals surface area (Å²) in [6, 6.07) is 17.0. The molecule has 24 heavy (non-hydrogen) atoms. The summed E-state index contributed by atoms with van der Waals surface area (Å²) in [5.74, 6) is 0. The fourth-order valence-corrected chi connectivity index (χ4v) is 4.41. The van der Waals surface area contributed by atoms with Crippen molar-refractivity contribution in [2.24, 2.45) is 0 Å². The second kappa shape index (κ2) is 8.87. The first-order chi connectivity index (χ1) is 11.2. The molecule has 0 aliphatic rings. The fraction of sp³-hybridized carbons (Fsp3) is 0.300. The van der Waals surface area contributed by atoms with Crippen LogP contribution in [0.25, 0.3) is 20.5 Å². The van der Waals surface area contributed by atoms with E-state index < -0.39 is 0 Å². The number of hydrogen-bond donors (Lipinski definition) is 0. The van der Waals surface area contributed by atoms with Crippen LogP contribution >= 0.6 is 35.3 Å². The lowest BCUT2D eigenvalue weighted by Gasteiger charge is -2.18. The lowest BCUT2D eigenvalue weighted by molar-refractivity contribution is 0.308. The molecule has 0 saturated carbocycles. The van der Waals surface area contributed by atoms with Crippen molar-refractivity contribution >= 4 is 45.4 Å². The average Bonchev–Trinajstić information content (AvgIpc) is 2.94. The van der Waals surface area contributed by atoms with Crippen molar-refractivity contribution in [3.8, 4) is 10.4 Å². The predicted octanol–water partition coefficient (Wildman–Crippen LogP) is 6.53. The molecule has 0 aliphatic carbocycles. The van der Waals surface area contributed by atoms with Gasteiger partial charge in [0.05, 0.1) is 0 Å². The number of thiophene rings is 1. The highest BCUT2D eigenvalue weighted by Crippen LogP contribution is 2.40. The summed E-state index contributed by atoms with van der Waals surface area (Å²) in [5.41, 5.74) is 2.74. The minimum absolute atomic E-state index is 0. The summed E-state index contributed by atoms with van der Waals surface area (Å²) in [5, 5.41) is 2.13. The van der Waals surface area contributed by atoms with Gasteiger partial charge in [-0.2, -0.15) is 0 Å². The summed E-state index contributed by atoms with van der Waals surface area (Å²) >= 11 is 8.13. The van der Waals surface area contributed by atoms with Crippen molar-refractivity contribution in [1.82, 2.24) is 4.90 Å². The van der Waals surface area contributed by atoms with Crippen LogP contribution in [0.5, 0.6) is 0 Å². The van der Waals surface area contributed by atoms with Crippen molar-refractivity contribution in [3.05, 3.63) is 59.1 Å². The fourth-order valence-electron chi connectivity index (χ4n) is 3.00. The molecule has 0 unspecified atom stereocenters. The van der Waals surface area contributed by atoms with Gasteiger partial charge in [-0.25, -0.2) is 0 Å². The van der Waals surface area contributed by atoms with Crippen LogP contribution in [-0.4, -0.2) is 24.5 Å². The molecular formula is C20H23Cl2NS. The average molecular weight is 380 g/mol. The van der Waals surface area contributed by atoms with E-state index in [1.165, 1.54) is 26.1 Å². The molecule has 1 aromatic heterocycles. The molecule has 0 fully saturated rings. The van der Waals surface area contributed by atoms with Gasteiger partial charge in [0.2, 0.25) is 0 Å². The Balaban J connectivity index is 0.00000208. The van der Waals surface area contributed by atoms with Gasteiger partial charge in [0.15, 0.2) is 0 Å². The molecule has 0 saturated heterocycles. The molecular weight excluding hydrogens is 357 g/mol. The van der Waals surface area contributed by atoms with Gasteiger partial charge >= 0.3 is 0 Å². The number of hydrogen-bond acceptors (Lipinski definition) is 2. The third-order valence-corrected chi connectivity index (χ3v) is 5.86. The van der Waals surface area contributed by atoms with E-state index in [9.17, 15) is 0 Å². The molecule has 1 heterocycles. The van der Waals surface area contributed by atoms with E-state index in [2.05, 4.69) is 61.2 Å². The third-order valence-electron chi connectivity index (χ3n) is 4.36. The first kappa shape index (κ1) is 19.3. The lowest BCUT2D eigenvalue weighted by Crippen LogP contribution is -2.25. The zero-order chi connectivity index (χ0) is 16.2. The highest BCUT2D eigenvalue weighted by Gasteiger charge is 2.15. The van der Waals surface area contributed by atoms with Crippen LogP contribution in [0.2, 0.25) is 5.02 Å². The van der Waals surface area contributed by atoms with E-state index >= 15 is 0 Å². The van der Waals surface area contributed by atoms with Gasteiger partial charge in [0.25, 0.3) is 0 Å². The van der Waals surface area contributed by atoms with Crippen molar-refractivity contribution in [1.29, 1.82) is 0 Å². The molecule has 4 heteroatoms. The van der Waals surface area contributed by atoms with Crippen molar-refractivity contribution in [2.75, 3.05) is 19.6 Å². The monoisotopic (exact) mass is 379 g/mol. The molecule has 0 bridgehead atoms. The van der Waals surface area contributed by atoms with E-state index in [4.69, 9.17) is 11.6 Å². The second-order valence-corrected chi connectivity index (χ2v) is 7.18. The van der Waals surface area contributed by atoms with Gasteiger partial charge in [-0.3, -0.25) is 0 Å². The van der Waals surface area contributed by atoms with Crippen LogP contribution in [0.1, 0.15) is 19.4 Å². The van der Waals surface area contributed by atoms with E-state index in [0.717, 1.165) is 31.1 Å². The number of nitrogens with zero attached hydrogens (tertiary/aromatic N) is 1.